The summed E-state index contributed by atoms with van der Waals surface area (Å²) in [4.78, 5) is 15.2. The summed E-state index contributed by atoms with van der Waals surface area (Å²) in [6, 6.07) is 16.3. The van der Waals surface area contributed by atoms with Gasteiger partial charge < -0.3 is 10.1 Å². The Hall–Kier alpha value is -2.99. The number of anilines is 1. The van der Waals surface area contributed by atoms with Crippen LogP contribution in [0.2, 0.25) is 0 Å². The zero-order valence-corrected chi connectivity index (χ0v) is 14.5. The highest BCUT2D eigenvalue weighted by Crippen LogP contribution is 2.34. The van der Waals surface area contributed by atoms with E-state index in [1.54, 1.807) is 31.0 Å². The van der Waals surface area contributed by atoms with Crippen molar-refractivity contribution in [1.29, 1.82) is 0 Å². The molecule has 1 aromatic carbocycles. The molecule has 6 heteroatoms. The number of pyridine rings is 1. The normalized spacial score (nSPS) is 10.8. The van der Waals surface area contributed by atoms with Crippen molar-refractivity contribution < 1.29 is 4.74 Å². The molecule has 25 heavy (non-hydrogen) atoms. The van der Waals surface area contributed by atoms with Crippen LogP contribution >= 0.6 is 11.3 Å². The smallest absolute Gasteiger partial charge is 0.212 e. The highest BCUT2D eigenvalue weighted by Gasteiger charge is 2.10. The van der Waals surface area contributed by atoms with Crippen LogP contribution in [0.15, 0.2) is 61.1 Å². The Morgan fingerprint density at radius 2 is 1.92 bits per heavy atom. The number of aromatic nitrogens is 3. The Bertz CT molecular complexity index is 983. The molecule has 1 N–H and O–H groups in total. The maximum Gasteiger partial charge on any atom is 0.212 e. The molecule has 4 rings (SSSR count). The molecule has 0 aliphatic heterocycles. The van der Waals surface area contributed by atoms with Crippen molar-refractivity contribution in [2.75, 3.05) is 12.4 Å². The van der Waals surface area contributed by atoms with E-state index in [2.05, 4.69) is 38.5 Å². The monoisotopic (exact) mass is 348 g/mol. The lowest BCUT2D eigenvalue weighted by atomic mass is 10.2. The molecule has 0 aliphatic rings. The summed E-state index contributed by atoms with van der Waals surface area (Å²) in [6.45, 7) is 0.639. The molecule has 0 unspecified atom stereocenters. The van der Waals surface area contributed by atoms with E-state index < -0.39 is 0 Å². The van der Waals surface area contributed by atoms with Gasteiger partial charge >= 0.3 is 0 Å². The van der Waals surface area contributed by atoms with Crippen molar-refractivity contribution in [1.82, 2.24) is 15.0 Å². The molecule has 5 nitrogen and oxygen atoms in total. The second-order valence-corrected chi connectivity index (χ2v) is 6.51. The van der Waals surface area contributed by atoms with Crippen LogP contribution < -0.4 is 10.1 Å². The predicted molar refractivity (Wildman–Crippen MR) is 101 cm³/mol. The van der Waals surface area contributed by atoms with Gasteiger partial charge in [0.05, 0.1) is 12.5 Å². The van der Waals surface area contributed by atoms with Gasteiger partial charge in [-0.3, -0.25) is 0 Å². The predicted octanol–water partition coefficient (Wildman–Crippen LogP) is 4.37. The Balaban J connectivity index is 1.60. The van der Waals surface area contributed by atoms with Gasteiger partial charge in [0.25, 0.3) is 0 Å². The van der Waals surface area contributed by atoms with Gasteiger partial charge in [0.1, 0.15) is 17.0 Å². The molecule has 0 fully saturated rings. The van der Waals surface area contributed by atoms with Crippen LogP contribution in [0.3, 0.4) is 0 Å². The molecule has 0 aliphatic carbocycles. The van der Waals surface area contributed by atoms with Gasteiger partial charge in [-0.2, -0.15) is 0 Å². The van der Waals surface area contributed by atoms with Gasteiger partial charge in [-0.15, -0.1) is 11.3 Å². The molecule has 4 aromatic rings. The van der Waals surface area contributed by atoms with E-state index in [1.807, 2.05) is 30.3 Å². The molecule has 3 aromatic heterocycles. The average Bonchev–Trinajstić information content (AvgIpc) is 3.12. The number of hydrogen-bond acceptors (Lipinski definition) is 6. The summed E-state index contributed by atoms with van der Waals surface area (Å²) in [5, 5.41) is 4.42. The van der Waals surface area contributed by atoms with Crippen LogP contribution in [0.25, 0.3) is 20.7 Å². The SMILES string of the molecule is COc1ccc(CNc2ncnc3sc(-c4ccccc4)cc23)cn1. The van der Waals surface area contributed by atoms with Gasteiger partial charge in [-0.1, -0.05) is 36.4 Å². The second kappa shape index (κ2) is 6.86. The maximum atomic E-state index is 5.08. The third kappa shape index (κ3) is 3.29. The molecule has 0 amide bonds. The summed E-state index contributed by atoms with van der Waals surface area (Å²) < 4.78 is 5.08. The van der Waals surface area contributed by atoms with E-state index >= 15 is 0 Å². The first-order chi connectivity index (χ1) is 12.3. The first-order valence-corrected chi connectivity index (χ1v) is 8.68. The molecule has 0 saturated heterocycles. The summed E-state index contributed by atoms with van der Waals surface area (Å²) in [7, 11) is 1.61. The summed E-state index contributed by atoms with van der Waals surface area (Å²) in [5.74, 6) is 1.44. The van der Waals surface area contributed by atoms with Crippen molar-refractivity contribution in [3.63, 3.8) is 0 Å². The zero-order chi connectivity index (χ0) is 17.1. The lowest BCUT2D eigenvalue weighted by Crippen LogP contribution is -2.02. The minimum Gasteiger partial charge on any atom is -0.481 e. The highest BCUT2D eigenvalue weighted by molar-refractivity contribution is 7.21. The second-order valence-electron chi connectivity index (χ2n) is 5.48. The van der Waals surface area contributed by atoms with E-state index in [-0.39, 0.29) is 0 Å². The van der Waals surface area contributed by atoms with Gasteiger partial charge in [-0.05, 0) is 17.2 Å². The minimum atomic E-state index is 0.610. The van der Waals surface area contributed by atoms with Crippen LogP contribution in [0.1, 0.15) is 5.56 Å². The fourth-order valence-electron chi connectivity index (χ4n) is 2.56. The topological polar surface area (TPSA) is 59.9 Å². The number of rotatable bonds is 5. The van der Waals surface area contributed by atoms with Crippen molar-refractivity contribution in [2.24, 2.45) is 0 Å². The van der Waals surface area contributed by atoms with Crippen LogP contribution in [-0.4, -0.2) is 22.1 Å². The largest absolute Gasteiger partial charge is 0.481 e. The molecule has 0 spiro atoms. The summed E-state index contributed by atoms with van der Waals surface area (Å²) in [5.41, 5.74) is 2.25. The number of benzene rings is 1. The first kappa shape index (κ1) is 15.5. The molecule has 3 heterocycles. The van der Waals surface area contributed by atoms with Crippen molar-refractivity contribution in [3.8, 4) is 16.3 Å². The van der Waals surface area contributed by atoms with E-state index in [0.717, 1.165) is 21.6 Å². The molecular weight excluding hydrogens is 332 g/mol. The highest BCUT2D eigenvalue weighted by atomic mass is 32.1. The maximum absolute atomic E-state index is 5.08. The van der Waals surface area contributed by atoms with E-state index in [1.165, 1.54) is 10.4 Å². The Kier molecular flexibility index (Phi) is 4.26. The lowest BCUT2D eigenvalue weighted by Gasteiger charge is -2.06. The molecule has 0 atom stereocenters. The Morgan fingerprint density at radius 3 is 2.68 bits per heavy atom. The van der Waals surface area contributed by atoms with E-state index in [4.69, 9.17) is 4.74 Å². The third-order valence-electron chi connectivity index (χ3n) is 3.85. The van der Waals surface area contributed by atoms with Crippen LogP contribution in [0.5, 0.6) is 5.88 Å². The standard InChI is InChI=1S/C19H16N4OS/c1-24-17-8-7-13(10-20-17)11-21-18-15-9-16(14-5-3-2-4-6-14)25-19(15)23-12-22-18/h2-10,12H,11H2,1H3,(H,21,22,23). The van der Waals surface area contributed by atoms with Crippen LogP contribution in [0, 0.1) is 0 Å². The van der Waals surface area contributed by atoms with Gasteiger partial charge in [0.2, 0.25) is 5.88 Å². The first-order valence-electron chi connectivity index (χ1n) is 7.86. The Morgan fingerprint density at radius 1 is 1.04 bits per heavy atom. The third-order valence-corrected chi connectivity index (χ3v) is 4.95. The number of hydrogen-bond donors (Lipinski definition) is 1. The van der Waals surface area contributed by atoms with E-state index in [0.29, 0.717) is 12.4 Å². The van der Waals surface area contributed by atoms with Gasteiger partial charge in [-0.25, -0.2) is 15.0 Å². The number of ether oxygens (including phenoxy) is 1. The molecule has 124 valence electrons. The fraction of sp³-hybridized carbons (Fsp3) is 0.105. The molecule has 0 saturated carbocycles. The number of fused-ring (bicyclic) bond motifs is 1. The quantitative estimate of drug-likeness (QED) is 0.580. The lowest BCUT2D eigenvalue weighted by molar-refractivity contribution is 0.397. The number of thiophene rings is 1. The van der Waals surface area contributed by atoms with Crippen LogP contribution in [0.4, 0.5) is 5.82 Å². The minimum absolute atomic E-state index is 0.610. The number of methoxy groups -OCH3 is 1. The zero-order valence-electron chi connectivity index (χ0n) is 13.6. The Labute approximate surface area is 149 Å². The van der Waals surface area contributed by atoms with Crippen molar-refractivity contribution >= 4 is 27.4 Å². The summed E-state index contributed by atoms with van der Waals surface area (Å²) >= 11 is 1.67. The fourth-order valence-corrected chi connectivity index (χ4v) is 3.57. The van der Waals surface area contributed by atoms with E-state index in [9.17, 15) is 0 Å². The van der Waals surface area contributed by atoms with Crippen LogP contribution in [-0.2, 0) is 6.54 Å². The molecule has 0 radical (unpaired) electrons. The molecular formula is C19H16N4OS. The van der Waals surface area contributed by atoms with Gasteiger partial charge in [0, 0.05) is 23.7 Å². The van der Waals surface area contributed by atoms with Crippen molar-refractivity contribution in [3.05, 3.63) is 66.6 Å². The average molecular weight is 348 g/mol. The van der Waals surface area contributed by atoms with Gasteiger partial charge in [0.15, 0.2) is 0 Å². The molecule has 0 bridgehead atoms. The summed E-state index contributed by atoms with van der Waals surface area (Å²) in [6.07, 6.45) is 3.40. The number of nitrogens with one attached hydrogen (secondary N) is 1. The number of nitrogens with zero attached hydrogens (tertiary/aromatic N) is 3. The van der Waals surface area contributed by atoms with Crippen molar-refractivity contribution in [2.45, 2.75) is 6.54 Å².